The molecule has 1 aliphatic rings. The third kappa shape index (κ3) is 3.82. The van der Waals surface area contributed by atoms with E-state index in [2.05, 4.69) is 5.32 Å². The van der Waals surface area contributed by atoms with Gasteiger partial charge in [-0.2, -0.15) is 0 Å². The number of carbonyl (C=O) groups excluding carboxylic acids is 1. The lowest BCUT2D eigenvalue weighted by atomic mass is 10.1. The summed E-state index contributed by atoms with van der Waals surface area (Å²) in [6.07, 6.45) is -4.71. The Morgan fingerprint density at radius 1 is 1.19 bits per heavy atom. The van der Waals surface area contributed by atoms with Crippen LogP contribution >= 0.6 is 0 Å². The van der Waals surface area contributed by atoms with E-state index in [4.69, 9.17) is 9.47 Å². The molecule has 1 aromatic carbocycles. The number of aromatic amines is 1. The van der Waals surface area contributed by atoms with Crippen LogP contribution in [0, 0.1) is 0 Å². The number of carbonyl (C=O) groups is 1. The number of ether oxygens (including phenoxy) is 2. The van der Waals surface area contributed by atoms with E-state index in [1.54, 1.807) is 30.3 Å². The zero-order chi connectivity index (χ0) is 18.7. The van der Waals surface area contributed by atoms with Gasteiger partial charge in [-0.3, -0.25) is 19.7 Å². The molecule has 1 amide bonds. The number of H-pyrrole nitrogens is 1. The lowest BCUT2D eigenvalue weighted by Crippen LogP contribution is -2.37. The van der Waals surface area contributed by atoms with E-state index in [0.29, 0.717) is 5.69 Å². The molecule has 138 valence electrons. The van der Waals surface area contributed by atoms with E-state index < -0.39 is 41.9 Å². The molecule has 4 atom stereocenters. The van der Waals surface area contributed by atoms with Gasteiger partial charge in [0.2, 0.25) is 0 Å². The maximum atomic E-state index is 11.8. The van der Waals surface area contributed by atoms with Crippen LogP contribution in [0.3, 0.4) is 0 Å². The molecular weight excluding hydrogens is 346 g/mol. The van der Waals surface area contributed by atoms with Gasteiger partial charge >= 0.3 is 11.8 Å². The predicted molar refractivity (Wildman–Crippen MR) is 88.7 cm³/mol. The van der Waals surface area contributed by atoms with Crippen molar-refractivity contribution >= 4 is 11.8 Å². The van der Waals surface area contributed by atoms with Gasteiger partial charge in [0.25, 0.3) is 5.56 Å². The van der Waals surface area contributed by atoms with Gasteiger partial charge in [0.1, 0.15) is 24.9 Å². The summed E-state index contributed by atoms with van der Waals surface area (Å²) in [6, 6.07) is 9.69. The first-order valence-corrected chi connectivity index (χ1v) is 7.77. The van der Waals surface area contributed by atoms with Gasteiger partial charge in [0.15, 0.2) is 6.23 Å². The van der Waals surface area contributed by atoms with Gasteiger partial charge in [0.05, 0.1) is 0 Å². The average molecular weight is 363 g/mol. The number of hydrogen-bond acceptors (Lipinski definition) is 7. The first-order valence-electron chi connectivity index (χ1n) is 7.77. The second kappa shape index (κ2) is 7.52. The van der Waals surface area contributed by atoms with Crippen molar-refractivity contribution in [2.75, 3.05) is 11.9 Å². The lowest BCUT2D eigenvalue weighted by molar-refractivity contribution is -0.0560. The molecule has 1 saturated heterocycles. The van der Waals surface area contributed by atoms with Crippen LogP contribution < -0.4 is 16.6 Å². The summed E-state index contributed by atoms with van der Waals surface area (Å²) < 4.78 is 11.4. The predicted octanol–water partition coefficient (Wildman–Crippen LogP) is -0.596. The SMILES string of the molecule is O=C(Nc1ccccc1)OC[C@H]1O[C@@H](n2ccc(=O)[nH]c2=O)[C@H](O)[C@@H]1O. The van der Waals surface area contributed by atoms with Crippen molar-refractivity contribution in [2.24, 2.45) is 0 Å². The maximum absolute atomic E-state index is 11.8. The van der Waals surface area contributed by atoms with E-state index in [-0.39, 0.29) is 6.61 Å². The highest BCUT2D eigenvalue weighted by Gasteiger charge is 2.44. The zero-order valence-corrected chi connectivity index (χ0v) is 13.4. The summed E-state index contributed by atoms with van der Waals surface area (Å²) >= 11 is 0. The van der Waals surface area contributed by atoms with Crippen molar-refractivity contribution in [2.45, 2.75) is 24.5 Å². The molecule has 2 aromatic rings. The van der Waals surface area contributed by atoms with E-state index in [1.807, 2.05) is 4.98 Å². The number of benzene rings is 1. The summed E-state index contributed by atoms with van der Waals surface area (Å²) in [5.74, 6) is 0. The number of aliphatic hydroxyl groups is 2. The van der Waals surface area contributed by atoms with Crippen molar-refractivity contribution in [3.05, 3.63) is 63.4 Å². The van der Waals surface area contributed by atoms with E-state index in [0.717, 1.165) is 16.8 Å². The number of amides is 1. The highest BCUT2D eigenvalue weighted by Crippen LogP contribution is 2.28. The first-order chi connectivity index (χ1) is 12.5. The Morgan fingerprint density at radius 2 is 1.92 bits per heavy atom. The Bertz CT molecular complexity index is 879. The third-order valence-corrected chi connectivity index (χ3v) is 3.86. The highest BCUT2D eigenvalue weighted by atomic mass is 16.6. The Labute approximate surface area is 146 Å². The molecule has 1 aromatic heterocycles. The minimum Gasteiger partial charge on any atom is -0.446 e. The summed E-state index contributed by atoms with van der Waals surface area (Å²) in [5.41, 5.74) is -0.864. The van der Waals surface area contributed by atoms with E-state index in [1.165, 1.54) is 0 Å². The topological polar surface area (TPSA) is 143 Å². The molecule has 0 aliphatic carbocycles. The molecule has 0 radical (unpaired) electrons. The zero-order valence-electron chi connectivity index (χ0n) is 13.4. The number of nitrogens with zero attached hydrogens (tertiary/aromatic N) is 1. The van der Waals surface area contributed by atoms with Gasteiger partial charge in [0, 0.05) is 18.0 Å². The van der Waals surface area contributed by atoms with Crippen LogP contribution in [-0.2, 0) is 9.47 Å². The van der Waals surface area contributed by atoms with Gasteiger partial charge in [-0.15, -0.1) is 0 Å². The molecule has 3 rings (SSSR count). The number of nitrogens with one attached hydrogen (secondary N) is 2. The van der Waals surface area contributed by atoms with Crippen molar-refractivity contribution in [1.29, 1.82) is 0 Å². The molecule has 2 heterocycles. The van der Waals surface area contributed by atoms with Crippen LogP contribution in [0.4, 0.5) is 10.5 Å². The number of aromatic nitrogens is 2. The van der Waals surface area contributed by atoms with Crippen molar-refractivity contribution in [1.82, 2.24) is 9.55 Å². The Balaban J connectivity index is 1.62. The van der Waals surface area contributed by atoms with Gasteiger partial charge in [-0.25, -0.2) is 9.59 Å². The van der Waals surface area contributed by atoms with Crippen LogP contribution in [0.15, 0.2) is 52.2 Å². The molecule has 0 bridgehead atoms. The highest BCUT2D eigenvalue weighted by molar-refractivity contribution is 5.84. The van der Waals surface area contributed by atoms with Crippen LogP contribution in [0.1, 0.15) is 6.23 Å². The fraction of sp³-hybridized carbons (Fsp3) is 0.312. The van der Waals surface area contributed by atoms with Crippen molar-refractivity contribution in [3.8, 4) is 0 Å². The smallest absolute Gasteiger partial charge is 0.411 e. The molecule has 0 spiro atoms. The maximum Gasteiger partial charge on any atom is 0.411 e. The van der Waals surface area contributed by atoms with Crippen LogP contribution in [0.25, 0.3) is 0 Å². The molecule has 4 N–H and O–H groups in total. The Morgan fingerprint density at radius 3 is 2.62 bits per heavy atom. The van der Waals surface area contributed by atoms with Crippen molar-refractivity contribution < 1.29 is 24.5 Å². The molecule has 10 nitrogen and oxygen atoms in total. The second-order valence-corrected chi connectivity index (χ2v) is 5.65. The molecule has 0 saturated carbocycles. The molecule has 1 aliphatic heterocycles. The summed E-state index contributed by atoms with van der Waals surface area (Å²) in [5, 5.41) is 22.7. The Hall–Kier alpha value is -2.95. The largest absolute Gasteiger partial charge is 0.446 e. The summed E-state index contributed by atoms with van der Waals surface area (Å²) in [6.45, 7) is -0.342. The molecule has 1 fully saturated rings. The minimum atomic E-state index is -1.44. The first kappa shape index (κ1) is 17.9. The fourth-order valence-corrected chi connectivity index (χ4v) is 2.56. The summed E-state index contributed by atoms with van der Waals surface area (Å²) in [4.78, 5) is 36.7. The van der Waals surface area contributed by atoms with E-state index in [9.17, 15) is 24.6 Å². The van der Waals surface area contributed by atoms with Gasteiger partial charge in [-0.1, -0.05) is 18.2 Å². The monoisotopic (exact) mass is 363 g/mol. The molecule has 0 unspecified atom stereocenters. The van der Waals surface area contributed by atoms with Crippen LogP contribution in [0.5, 0.6) is 0 Å². The number of rotatable bonds is 4. The van der Waals surface area contributed by atoms with Gasteiger partial charge in [-0.05, 0) is 12.1 Å². The van der Waals surface area contributed by atoms with Crippen molar-refractivity contribution in [3.63, 3.8) is 0 Å². The third-order valence-electron chi connectivity index (χ3n) is 3.86. The molecule has 10 heteroatoms. The van der Waals surface area contributed by atoms with Crippen LogP contribution in [0.2, 0.25) is 0 Å². The number of hydrogen-bond donors (Lipinski definition) is 4. The van der Waals surface area contributed by atoms with Gasteiger partial charge < -0.3 is 19.7 Å². The number of para-hydroxylation sites is 1. The normalized spacial score (nSPS) is 25.0. The van der Waals surface area contributed by atoms with E-state index >= 15 is 0 Å². The second-order valence-electron chi connectivity index (χ2n) is 5.65. The lowest BCUT2D eigenvalue weighted by Gasteiger charge is -2.16. The van der Waals surface area contributed by atoms with Crippen LogP contribution in [-0.4, -0.2) is 50.8 Å². The minimum absolute atomic E-state index is 0.342. The number of anilines is 1. The molecular formula is C16H17N3O7. The number of aliphatic hydroxyl groups excluding tert-OH is 2. The Kier molecular flexibility index (Phi) is 5.16. The average Bonchev–Trinajstić information content (AvgIpc) is 2.89. The summed E-state index contributed by atoms with van der Waals surface area (Å²) in [7, 11) is 0. The standard InChI is InChI=1S/C16H17N3O7/c20-11-6-7-19(15(23)18-11)14-13(22)12(21)10(26-14)8-25-16(24)17-9-4-2-1-3-5-9/h1-7,10,12-14,21-22H,8H2,(H,17,24)(H,18,20,23)/t10-,12-,13-,14-/m1/s1. The quantitative estimate of drug-likeness (QED) is 0.568. The molecule has 26 heavy (non-hydrogen) atoms. The fourth-order valence-electron chi connectivity index (χ4n) is 2.56.